The molecule has 106 valence electrons. The highest BCUT2D eigenvalue weighted by atomic mass is 79.9. The summed E-state index contributed by atoms with van der Waals surface area (Å²) in [6, 6.07) is 6.52. The summed E-state index contributed by atoms with van der Waals surface area (Å²) in [4.78, 5) is 37.0. The first-order valence-corrected chi connectivity index (χ1v) is 7.48. The molecule has 0 saturated carbocycles. The Morgan fingerprint density at radius 2 is 2.00 bits per heavy atom. The molecule has 6 heteroatoms. The number of carbonyl (C=O) groups excluding carboxylic acids is 3. The van der Waals surface area contributed by atoms with Crippen LogP contribution in [-0.4, -0.2) is 35.2 Å². The van der Waals surface area contributed by atoms with E-state index in [2.05, 4.69) is 21.2 Å². The Bertz CT molecular complexity index is 542. The summed E-state index contributed by atoms with van der Waals surface area (Å²) in [7, 11) is 0. The first kappa shape index (κ1) is 14.7. The molecule has 0 radical (unpaired) electrons. The average molecular weight is 339 g/mol. The second-order valence-corrected chi connectivity index (χ2v) is 5.16. The van der Waals surface area contributed by atoms with E-state index in [4.69, 9.17) is 0 Å². The molecule has 1 atom stereocenters. The van der Waals surface area contributed by atoms with E-state index in [-0.39, 0.29) is 12.5 Å². The summed E-state index contributed by atoms with van der Waals surface area (Å²) in [6.07, 6.45) is 0.477. The van der Waals surface area contributed by atoms with Crippen LogP contribution in [0.4, 0.5) is 0 Å². The van der Waals surface area contributed by atoms with Crippen molar-refractivity contribution in [2.24, 2.45) is 0 Å². The molecule has 0 spiro atoms. The highest BCUT2D eigenvalue weighted by molar-refractivity contribution is 9.08. The van der Waals surface area contributed by atoms with Crippen molar-refractivity contribution in [1.29, 1.82) is 0 Å². The number of nitrogens with zero attached hydrogens (tertiary/aromatic N) is 1. The summed E-state index contributed by atoms with van der Waals surface area (Å²) in [5.74, 6) is -1.14. The van der Waals surface area contributed by atoms with Crippen molar-refractivity contribution in [2.75, 3.05) is 6.54 Å². The number of halogens is 1. The number of amides is 3. The molecular formula is C14H15BrN2O3. The molecule has 1 aliphatic rings. The van der Waals surface area contributed by atoms with Crippen LogP contribution in [0.1, 0.15) is 29.3 Å². The molecule has 3 amide bonds. The van der Waals surface area contributed by atoms with Gasteiger partial charge in [-0.25, -0.2) is 0 Å². The van der Waals surface area contributed by atoms with Gasteiger partial charge in [0.1, 0.15) is 12.6 Å². The van der Waals surface area contributed by atoms with Gasteiger partial charge in [0.2, 0.25) is 11.8 Å². The van der Waals surface area contributed by atoms with E-state index in [1.165, 1.54) is 4.90 Å². The van der Waals surface area contributed by atoms with Gasteiger partial charge in [-0.1, -0.05) is 35.0 Å². The molecule has 1 aliphatic heterocycles. The van der Waals surface area contributed by atoms with Gasteiger partial charge in [-0.3, -0.25) is 19.7 Å². The third-order valence-corrected chi connectivity index (χ3v) is 3.91. The standard InChI is InChI=1S/C14H15BrN2O3/c1-2-11-13(19)16-12(18)8-17(11)14(20)10-5-3-9(7-15)4-6-10/h3-6,11H,2,7-8H2,1H3,(H,16,18,19). The number of rotatable bonds is 3. The third kappa shape index (κ3) is 2.90. The summed E-state index contributed by atoms with van der Waals surface area (Å²) in [5, 5.41) is 2.97. The number of imide groups is 1. The van der Waals surface area contributed by atoms with Crippen LogP contribution in [0.3, 0.4) is 0 Å². The van der Waals surface area contributed by atoms with Crippen LogP contribution >= 0.6 is 15.9 Å². The van der Waals surface area contributed by atoms with E-state index in [1.807, 2.05) is 19.1 Å². The van der Waals surface area contributed by atoms with Crippen LogP contribution < -0.4 is 5.32 Å². The zero-order valence-corrected chi connectivity index (χ0v) is 12.6. The van der Waals surface area contributed by atoms with E-state index >= 15 is 0 Å². The third-order valence-electron chi connectivity index (χ3n) is 3.26. The smallest absolute Gasteiger partial charge is 0.255 e. The van der Waals surface area contributed by atoms with E-state index in [1.54, 1.807) is 12.1 Å². The van der Waals surface area contributed by atoms with Gasteiger partial charge in [0.05, 0.1) is 0 Å². The average Bonchev–Trinajstić information content (AvgIpc) is 2.46. The number of hydrogen-bond donors (Lipinski definition) is 1. The van der Waals surface area contributed by atoms with Gasteiger partial charge in [0.15, 0.2) is 0 Å². The van der Waals surface area contributed by atoms with Crippen LogP contribution in [0, 0.1) is 0 Å². The second kappa shape index (κ2) is 6.17. The second-order valence-electron chi connectivity index (χ2n) is 4.60. The predicted octanol–water partition coefficient (Wildman–Crippen LogP) is 1.46. The first-order chi connectivity index (χ1) is 9.56. The zero-order valence-electron chi connectivity index (χ0n) is 11.1. The minimum Gasteiger partial charge on any atom is -0.317 e. The molecule has 0 bridgehead atoms. The molecule has 1 aromatic rings. The van der Waals surface area contributed by atoms with Gasteiger partial charge < -0.3 is 4.90 Å². The van der Waals surface area contributed by atoms with Crippen LogP contribution in [-0.2, 0) is 14.9 Å². The van der Waals surface area contributed by atoms with Gasteiger partial charge in [0, 0.05) is 10.9 Å². The van der Waals surface area contributed by atoms with Crippen molar-refractivity contribution in [1.82, 2.24) is 10.2 Å². The lowest BCUT2D eigenvalue weighted by molar-refractivity contribution is -0.138. The number of alkyl halides is 1. The summed E-state index contributed by atoms with van der Waals surface area (Å²) >= 11 is 3.34. The quantitative estimate of drug-likeness (QED) is 0.670. The molecule has 1 N–H and O–H groups in total. The molecule has 20 heavy (non-hydrogen) atoms. The Hall–Kier alpha value is -1.69. The molecule has 0 aliphatic carbocycles. The maximum Gasteiger partial charge on any atom is 0.255 e. The minimum absolute atomic E-state index is 0.0801. The molecule has 1 heterocycles. The van der Waals surface area contributed by atoms with Crippen molar-refractivity contribution in [3.63, 3.8) is 0 Å². The number of piperazine rings is 1. The number of carbonyl (C=O) groups is 3. The number of nitrogens with one attached hydrogen (secondary N) is 1. The highest BCUT2D eigenvalue weighted by Gasteiger charge is 2.35. The number of hydrogen-bond acceptors (Lipinski definition) is 3. The van der Waals surface area contributed by atoms with Crippen molar-refractivity contribution in [3.8, 4) is 0 Å². The van der Waals surface area contributed by atoms with Gasteiger partial charge in [0.25, 0.3) is 5.91 Å². The van der Waals surface area contributed by atoms with Crippen LogP contribution in [0.15, 0.2) is 24.3 Å². The SMILES string of the molecule is CCC1C(=O)NC(=O)CN1C(=O)c1ccc(CBr)cc1. The maximum atomic E-state index is 12.4. The van der Waals surface area contributed by atoms with E-state index in [0.717, 1.165) is 5.56 Å². The lowest BCUT2D eigenvalue weighted by atomic mass is 10.1. The summed E-state index contributed by atoms with van der Waals surface area (Å²) in [5.41, 5.74) is 1.54. The van der Waals surface area contributed by atoms with Crippen LogP contribution in [0.2, 0.25) is 0 Å². The fraction of sp³-hybridized carbons (Fsp3) is 0.357. The largest absolute Gasteiger partial charge is 0.317 e. The topological polar surface area (TPSA) is 66.5 Å². The van der Waals surface area contributed by atoms with Crippen LogP contribution in [0.5, 0.6) is 0 Å². The van der Waals surface area contributed by atoms with E-state index in [0.29, 0.717) is 17.3 Å². The zero-order chi connectivity index (χ0) is 14.7. The van der Waals surface area contributed by atoms with Crippen molar-refractivity contribution in [3.05, 3.63) is 35.4 Å². The Morgan fingerprint density at radius 1 is 1.35 bits per heavy atom. The predicted molar refractivity (Wildman–Crippen MR) is 77.3 cm³/mol. The summed E-state index contributed by atoms with van der Waals surface area (Å²) < 4.78 is 0. The molecule has 1 fully saturated rings. The fourth-order valence-corrected chi connectivity index (χ4v) is 2.56. The van der Waals surface area contributed by atoms with Gasteiger partial charge in [-0.05, 0) is 24.1 Å². The first-order valence-electron chi connectivity index (χ1n) is 6.36. The van der Waals surface area contributed by atoms with Crippen molar-refractivity contribution >= 4 is 33.7 Å². The van der Waals surface area contributed by atoms with Gasteiger partial charge >= 0.3 is 0 Å². The molecule has 1 aromatic carbocycles. The fourth-order valence-electron chi connectivity index (χ4n) is 2.19. The highest BCUT2D eigenvalue weighted by Crippen LogP contribution is 2.15. The molecule has 2 rings (SSSR count). The summed E-state index contributed by atoms with van der Waals surface area (Å²) in [6.45, 7) is 1.73. The Kier molecular flexibility index (Phi) is 4.54. The maximum absolute atomic E-state index is 12.4. The van der Waals surface area contributed by atoms with Crippen molar-refractivity contribution < 1.29 is 14.4 Å². The Balaban J connectivity index is 2.24. The minimum atomic E-state index is -0.587. The number of benzene rings is 1. The molecule has 1 unspecified atom stereocenters. The Morgan fingerprint density at radius 3 is 2.55 bits per heavy atom. The molecular weight excluding hydrogens is 324 g/mol. The normalized spacial score (nSPS) is 18.9. The lowest BCUT2D eigenvalue weighted by Crippen LogP contribution is -2.59. The molecule has 5 nitrogen and oxygen atoms in total. The van der Waals surface area contributed by atoms with E-state index in [9.17, 15) is 14.4 Å². The molecule has 0 aromatic heterocycles. The Labute approximate surface area is 125 Å². The van der Waals surface area contributed by atoms with E-state index < -0.39 is 17.9 Å². The molecule has 1 saturated heterocycles. The van der Waals surface area contributed by atoms with Crippen molar-refractivity contribution in [2.45, 2.75) is 24.7 Å². The monoisotopic (exact) mass is 338 g/mol. The van der Waals surface area contributed by atoms with Gasteiger partial charge in [-0.2, -0.15) is 0 Å². The van der Waals surface area contributed by atoms with Gasteiger partial charge in [-0.15, -0.1) is 0 Å². The van der Waals surface area contributed by atoms with Crippen LogP contribution in [0.25, 0.3) is 0 Å². The lowest BCUT2D eigenvalue weighted by Gasteiger charge is -2.33.